The average molecular weight is 412 g/mol. The fourth-order valence-electron chi connectivity index (χ4n) is 3.72. The number of benzene rings is 1. The number of likely N-dealkylation sites (tertiary alicyclic amines) is 1. The van der Waals surface area contributed by atoms with Crippen molar-refractivity contribution in [2.45, 2.75) is 36.0 Å². The van der Waals surface area contributed by atoms with Gasteiger partial charge in [-0.15, -0.1) is 11.8 Å². The molecule has 2 aliphatic heterocycles. The first-order valence-electron chi connectivity index (χ1n) is 9.67. The van der Waals surface area contributed by atoms with Crippen LogP contribution in [0.1, 0.15) is 36.5 Å². The van der Waals surface area contributed by atoms with Gasteiger partial charge in [0.15, 0.2) is 0 Å². The van der Waals surface area contributed by atoms with Gasteiger partial charge in [0.2, 0.25) is 10.0 Å². The molecule has 0 aliphatic carbocycles. The lowest BCUT2D eigenvalue weighted by atomic mass is 10.1. The number of thioether (sulfide) groups is 1. The molecule has 0 bridgehead atoms. The molecule has 2 heterocycles. The molecule has 0 radical (unpaired) electrons. The van der Waals surface area contributed by atoms with Gasteiger partial charge in [-0.25, -0.2) is 8.42 Å². The second kappa shape index (κ2) is 8.94. The van der Waals surface area contributed by atoms with Crippen molar-refractivity contribution in [2.24, 2.45) is 0 Å². The highest BCUT2D eigenvalue weighted by molar-refractivity contribution is 7.98. The number of amides is 1. The highest BCUT2D eigenvalue weighted by Crippen LogP contribution is 2.28. The third-order valence-electron chi connectivity index (χ3n) is 5.46. The Morgan fingerprint density at radius 2 is 1.70 bits per heavy atom. The van der Waals surface area contributed by atoms with E-state index < -0.39 is 10.0 Å². The third-order valence-corrected chi connectivity index (χ3v) is 8.15. The van der Waals surface area contributed by atoms with Crippen LogP contribution < -0.4 is 0 Å². The van der Waals surface area contributed by atoms with Crippen molar-refractivity contribution < 1.29 is 13.2 Å². The van der Waals surface area contributed by atoms with Gasteiger partial charge in [0.25, 0.3) is 5.91 Å². The Morgan fingerprint density at radius 3 is 2.30 bits per heavy atom. The van der Waals surface area contributed by atoms with Crippen LogP contribution in [0.5, 0.6) is 0 Å². The Morgan fingerprint density at radius 1 is 1.04 bits per heavy atom. The number of piperazine rings is 1. The zero-order chi connectivity index (χ0) is 19.4. The standard InChI is InChI=1S/C19H29N3O3S2/c1-3-20-11-13-22(14-12-20)27(24,25)16-7-8-18(26-2)17(15-16)19(23)21-9-5-4-6-10-21/h7-8,15H,3-6,9-14H2,1-2H3. The van der Waals surface area contributed by atoms with E-state index in [9.17, 15) is 13.2 Å². The summed E-state index contributed by atoms with van der Waals surface area (Å²) in [4.78, 5) is 18.2. The molecule has 0 unspecified atom stereocenters. The maximum Gasteiger partial charge on any atom is 0.255 e. The first-order valence-corrected chi connectivity index (χ1v) is 12.3. The SMILES string of the molecule is CCN1CCN(S(=O)(=O)c2ccc(SC)c(C(=O)N3CCCCC3)c2)CC1. The number of rotatable bonds is 5. The Kier molecular flexibility index (Phi) is 6.83. The van der Waals surface area contributed by atoms with Gasteiger partial charge >= 0.3 is 0 Å². The minimum atomic E-state index is -3.58. The maximum absolute atomic E-state index is 13.1. The minimum absolute atomic E-state index is 0.0492. The zero-order valence-electron chi connectivity index (χ0n) is 16.2. The van der Waals surface area contributed by atoms with Crippen molar-refractivity contribution in [3.63, 3.8) is 0 Å². The highest BCUT2D eigenvalue weighted by atomic mass is 32.2. The molecule has 2 saturated heterocycles. The molecule has 3 rings (SSSR count). The highest BCUT2D eigenvalue weighted by Gasteiger charge is 2.30. The lowest BCUT2D eigenvalue weighted by Crippen LogP contribution is -2.48. The minimum Gasteiger partial charge on any atom is -0.339 e. The van der Waals surface area contributed by atoms with Gasteiger partial charge < -0.3 is 9.80 Å². The first-order chi connectivity index (χ1) is 13.0. The summed E-state index contributed by atoms with van der Waals surface area (Å²) in [5.74, 6) is -0.0492. The van der Waals surface area contributed by atoms with Gasteiger partial charge in [0.1, 0.15) is 0 Å². The second-order valence-corrected chi connectivity index (χ2v) is 9.84. The normalized spacial score (nSPS) is 20.0. The molecule has 0 N–H and O–H groups in total. The molecule has 150 valence electrons. The summed E-state index contributed by atoms with van der Waals surface area (Å²) in [6.45, 7) is 7.02. The van der Waals surface area contributed by atoms with Crippen LogP contribution in [0.3, 0.4) is 0 Å². The van der Waals surface area contributed by atoms with Crippen molar-refractivity contribution in [3.05, 3.63) is 23.8 Å². The summed E-state index contributed by atoms with van der Waals surface area (Å²) < 4.78 is 27.8. The topological polar surface area (TPSA) is 60.9 Å². The average Bonchev–Trinajstić information content (AvgIpc) is 2.73. The van der Waals surface area contributed by atoms with Gasteiger partial charge in [-0.05, 0) is 50.3 Å². The number of carbonyl (C=O) groups is 1. The lowest BCUT2D eigenvalue weighted by molar-refractivity contribution is 0.0720. The molecule has 1 aromatic rings. The summed E-state index contributed by atoms with van der Waals surface area (Å²) in [5.41, 5.74) is 0.512. The number of piperidine rings is 1. The lowest BCUT2D eigenvalue weighted by Gasteiger charge is -2.33. The number of sulfonamides is 1. The summed E-state index contributed by atoms with van der Waals surface area (Å²) in [6.07, 6.45) is 5.10. The monoisotopic (exact) mass is 411 g/mol. The quantitative estimate of drug-likeness (QED) is 0.696. The molecular weight excluding hydrogens is 382 g/mol. The van der Waals surface area contributed by atoms with Gasteiger partial charge in [0, 0.05) is 44.2 Å². The van der Waals surface area contributed by atoms with Crippen LogP contribution in [0.25, 0.3) is 0 Å². The molecule has 0 atom stereocenters. The van der Waals surface area contributed by atoms with E-state index in [1.54, 1.807) is 22.5 Å². The Hall–Kier alpha value is -1.09. The van der Waals surface area contributed by atoms with E-state index in [4.69, 9.17) is 0 Å². The van der Waals surface area contributed by atoms with E-state index in [1.807, 2.05) is 11.2 Å². The van der Waals surface area contributed by atoms with Crippen molar-refractivity contribution in [1.82, 2.24) is 14.1 Å². The number of hydrogen-bond donors (Lipinski definition) is 0. The Balaban J connectivity index is 1.86. The smallest absolute Gasteiger partial charge is 0.255 e. The molecule has 2 fully saturated rings. The van der Waals surface area contributed by atoms with E-state index in [1.165, 1.54) is 11.8 Å². The third kappa shape index (κ3) is 4.50. The summed E-state index contributed by atoms with van der Waals surface area (Å²) in [6, 6.07) is 5.00. The van der Waals surface area contributed by atoms with Crippen LogP contribution in [-0.4, -0.2) is 80.5 Å². The fourth-order valence-corrected chi connectivity index (χ4v) is 5.74. The number of hydrogen-bond acceptors (Lipinski definition) is 5. The van der Waals surface area contributed by atoms with Gasteiger partial charge in [-0.3, -0.25) is 4.79 Å². The molecule has 0 spiro atoms. The molecule has 0 saturated carbocycles. The van der Waals surface area contributed by atoms with Crippen LogP contribution >= 0.6 is 11.8 Å². The van der Waals surface area contributed by atoms with Gasteiger partial charge in [-0.2, -0.15) is 4.31 Å². The van der Waals surface area contributed by atoms with Crippen molar-refractivity contribution in [2.75, 3.05) is 52.1 Å². The second-order valence-electron chi connectivity index (χ2n) is 7.05. The molecule has 6 nitrogen and oxygen atoms in total. The zero-order valence-corrected chi connectivity index (χ0v) is 17.8. The van der Waals surface area contributed by atoms with E-state index in [2.05, 4.69) is 11.8 Å². The number of likely N-dealkylation sites (N-methyl/N-ethyl adjacent to an activating group) is 1. The molecular formula is C19H29N3O3S2. The molecule has 1 aromatic carbocycles. The molecule has 1 amide bonds. The first kappa shape index (κ1) is 20.6. The molecule has 0 aromatic heterocycles. The molecule has 8 heteroatoms. The van der Waals surface area contributed by atoms with E-state index in [-0.39, 0.29) is 10.8 Å². The van der Waals surface area contributed by atoms with E-state index in [0.717, 1.165) is 56.9 Å². The van der Waals surface area contributed by atoms with E-state index in [0.29, 0.717) is 18.7 Å². The van der Waals surface area contributed by atoms with Crippen LogP contribution in [-0.2, 0) is 10.0 Å². The number of nitrogens with zero attached hydrogens (tertiary/aromatic N) is 3. The largest absolute Gasteiger partial charge is 0.339 e. The van der Waals surface area contributed by atoms with Crippen LogP contribution in [0, 0.1) is 0 Å². The predicted octanol–water partition coefficient (Wildman–Crippen LogP) is 2.36. The van der Waals surface area contributed by atoms with Gasteiger partial charge in [-0.1, -0.05) is 6.92 Å². The molecule has 27 heavy (non-hydrogen) atoms. The van der Waals surface area contributed by atoms with Crippen LogP contribution in [0.15, 0.2) is 28.0 Å². The predicted molar refractivity (Wildman–Crippen MR) is 109 cm³/mol. The Labute approximate surface area is 166 Å². The van der Waals surface area contributed by atoms with Gasteiger partial charge in [0.05, 0.1) is 10.5 Å². The van der Waals surface area contributed by atoms with Crippen molar-refractivity contribution in [1.29, 1.82) is 0 Å². The van der Waals surface area contributed by atoms with Crippen molar-refractivity contribution in [3.8, 4) is 0 Å². The summed E-state index contributed by atoms with van der Waals surface area (Å²) in [5, 5.41) is 0. The van der Waals surface area contributed by atoms with Crippen LogP contribution in [0.4, 0.5) is 0 Å². The number of carbonyl (C=O) groups excluding carboxylic acids is 1. The Bertz CT molecular complexity index is 768. The van der Waals surface area contributed by atoms with Crippen molar-refractivity contribution >= 4 is 27.7 Å². The van der Waals surface area contributed by atoms with E-state index >= 15 is 0 Å². The summed E-state index contributed by atoms with van der Waals surface area (Å²) >= 11 is 1.48. The molecule has 2 aliphatic rings. The maximum atomic E-state index is 13.1. The summed E-state index contributed by atoms with van der Waals surface area (Å²) in [7, 11) is -3.58. The fraction of sp³-hybridized carbons (Fsp3) is 0.632. The van der Waals surface area contributed by atoms with Crippen LogP contribution in [0.2, 0.25) is 0 Å².